The second-order valence-electron chi connectivity index (χ2n) is 8.75. The first-order valence-corrected chi connectivity index (χ1v) is 11.6. The van der Waals surface area contributed by atoms with Crippen LogP contribution in [0.25, 0.3) is 0 Å². The van der Waals surface area contributed by atoms with Crippen LogP contribution in [0.2, 0.25) is 18.1 Å². The van der Waals surface area contributed by atoms with E-state index < -0.39 is 31.9 Å². The summed E-state index contributed by atoms with van der Waals surface area (Å²) in [6, 6.07) is 0. The molecular weight excluding hydrogens is 328 g/mol. The van der Waals surface area contributed by atoms with Gasteiger partial charge in [0, 0.05) is 0 Å². The summed E-state index contributed by atoms with van der Waals surface area (Å²) < 4.78 is 23.1. The summed E-state index contributed by atoms with van der Waals surface area (Å²) in [5.41, 5.74) is 0. The number of aliphatic hydroxyl groups is 1. The lowest BCUT2D eigenvalue weighted by Crippen LogP contribution is -2.73. The molecule has 2 fully saturated rings. The normalized spacial score (nSPS) is 35.3. The minimum Gasteiger partial charge on any atom is -0.466 e. The van der Waals surface area contributed by atoms with Crippen LogP contribution < -0.4 is 0 Å². The first-order valence-electron chi connectivity index (χ1n) is 8.67. The van der Waals surface area contributed by atoms with Crippen molar-refractivity contribution >= 4 is 14.3 Å². The highest BCUT2D eigenvalue weighted by molar-refractivity contribution is 6.74. The van der Waals surface area contributed by atoms with Crippen molar-refractivity contribution in [2.75, 3.05) is 6.61 Å². The molecule has 0 radical (unpaired) electrons. The summed E-state index contributed by atoms with van der Waals surface area (Å²) in [7, 11) is -2.27. The van der Waals surface area contributed by atoms with Crippen LogP contribution in [0.3, 0.4) is 0 Å². The topological polar surface area (TPSA) is 74.2 Å². The molecule has 0 bridgehead atoms. The van der Waals surface area contributed by atoms with Gasteiger partial charge in [-0.25, -0.2) is 0 Å². The van der Waals surface area contributed by atoms with Gasteiger partial charge in [0.1, 0.15) is 12.2 Å². The molecular formula is C17H32O6Si. The van der Waals surface area contributed by atoms with Gasteiger partial charge in [0.2, 0.25) is 0 Å². The van der Waals surface area contributed by atoms with E-state index in [9.17, 15) is 9.90 Å². The predicted octanol–water partition coefficient (Wildman–Crippen LogP) is 2.80. The zero-order chi connectivity index (χ0) is 18.6. The molecule has 1 saturated heterocycles. The molecule has 2 rings (SSSR count). The van der Waals surface area contributed by atoms with Crippen molar-refractivity contribution < 1.29 is 28.5 Å². The molecule has 6 nitrogen and oxygen atoms in total. The highest BCUT2D eigenvalue weighted by Gasteiger charge is 2.71. The first kappa shape index (κ1) is 19.8. The van der Waals surface area contributed by atoms with Gasteiger partial charge in [-0.3, -0.25) is 4.79 Å². The minimum absolute atomic E-state index is 0.0551. The quantitative estimate of drug-likeness (QED) is 0.462. The third-order valence-corrected chi connectivity index (χ3v) is 9.83. The maximum Gasteiger partial charge on any atom is 0.306 e. The zero-order valence-corrected chi connectivity index (χ0v) is 17.1. The maximum absolute atomic E-state index is 12.0. The maximum atomic E-state index is 12.0. The van der Waals surface area contributed by atoms with Gasteiger partial charge in [-0.2, -0.15) is 0 Å². The molecule has 2 aliphatic rings. The molecule has 0 spiro atoms. The SMILES string of the molecule is CCOC(=O)C[C@H]1[C@@H]2OC(C)(C)O[C@@H]2[C@]1(O)O[Si](C)(C)C(C)(C)C. The third kappa shape index (κ3) is 3.42. The number of hydrogen-bond acceptors (Lipinski definition) is 6. The van der Waals surface area contributed by atoms with E-state index in [1.165, 1.54) is 0 Å². The van der Waals surface area contributed by atoms with Gasteiger partial charge in [0.15, 0.2) is 19.9 Å². The van der Waals surface area contributed by atoms with Gasteiger partial charge >= 0.3 is 5.97 Å². The Hall–Kier alpha value is -0.473. The van der Waals surface area contributed by atoms with Crippen molar-refractivity contribution in [3.63, 3.8) is 0 Å². The Balaban J connectivity index is 2.24. The molecule has 7 heteroatoms. The summed E-state index contributed by atoms with van der Waals surface area (Å²) in [4.78, 5) is 12.0. The molecule has 1 N–H and O–H groups in total. The number of hydrogen-bond donors (Lipinski definition) is 1. The number of rotatable bonds is 5. The van der Waals surface area contributed by atoms with Crippen LogP contribution in [0.4, 0.5) is 0 Å². The molecule has 1 heterocycles. The largest absolute Gasteiger partial charge is 0.466 e. The lowest BCUT2D eigenvalue weighted by atomic mass is 9.70. The molecule has 0 unspecified atom stereocenters. The molecule has 4 atom stereocenters. The first-order chi connectivity index (χ1) is 10.7. The molecule has 1 aliphatic carbocycles. The number of fused-ring (bicyclic) bond motifs is 1. The van der Waals surface area contributed by atoms with Gasteiger partial charge in [-0.1, -0.05) is 20.8 Å². The number of carbonyl (C=O) groups excluding carboxylic acids is 1. The molecule has 0 amide bonds. The van der Waals surface area contributed by atoms with E-state index in [1.54, 1.807) is 20.8 Å². The fourth-order valence-electron chi connectivity index (χ4n) is 3.09. The van der Waals surface area contributed by atoms with Gasteiger partial charge < -0.3 is 23.7 Å². The Morgan fingerprint density at radius 2 is 1.83 bits per heavy atom. The molecule has 0 aromatic heterocycles. The van der Waals surface area contributed by atoms with Crippen LogP contribution in [-0.4, -0.2) is 49.8 Å². The molecule has 0 aromatic rings. The van der Waals surface area contributed by atoms with Crippen LogP contribution in [-0.2, 0) is 23.4 Å². The molecule has 140 valence electrons. The zero-order valence-electron chi connectivity index (χ0n) is 16.1. The highest BCUT2D eigenvalue weighted by Crippen LogP contribution is 2.55. The van der Waals surface area contributed by atoms with E-state index >= 15 is 0 Å². The van der Waals surface area contributed by atoms with E-state index in [-0.39, 0.29) is 23.5 Å². The standard InChI is InChI=1S/C17H32O6Si/c1-9-20-12(18)10-11-13-14(22-16(5,6)21-13)17(11,19)23-24(7,8)15(2,3)4/h11,13-14,19H,9-10H2,1-8H3/t11-,13-,14-,17+/m0/s1. The third-order valence-electron chi connectivity index (χ3n) is 5.38. The average molecular weight is 361 g/mol. The fourth-order valence-corrected chi connectivity index (χ4v) is 4.48. The molecule has 1 aliphatic heterocycles. The summed E-state index contributed by atoms with van der Waals surface area (Å²) >= 11 is 0. The van der Waals surface area contributed by atoms with E-state index in [4.69, 9.17) is 18.6 Å². The van der Waals surface area contributed by atoms with Crippen molar-refractivity contribution in [1.29, 1.82) is 0 Å². The van der Waals surface area contributed by atoms with Gasteiger partial charge in [-0.15, -0.1) is 0 Å². The van der Waals surface area contributed by atoms with Crippen LogP contribution in [0.15, 0.2) is 0 Å². The summed E-state index contributed by atoms with van der Waals surface area (Å²) in [5.74, 6) is -3.17. The van der Waals surface area contributed by atoms with E-state index in [2.05, 4.69) is 33.9 Å². The molecule has 1 saturated carbocycles. The molecule has 0 aromatic carbocycles. The monoisotopic (exact) mass is 360 g/mol. The average Bonchev–Trinajstić information content (AvgIpc) is 2.69. The van der Waals surface area contributed by atoms with Crippen LogP contribution in [0.5, 0.6) is 0 Å². The van der Waals surface area contributed by atoms with E-state index in [0.29, 0.717) is 6.61 Å². The van der Waals surface area contributed by atoms with Gasteiger partial charge in [-0.05, 0) is 38.9 Å². The summed E-state index contributed by atoms with van der Waals surface area (Å²) in [6.45, 7) is 16.1. The lowest BCUT2D eigenvalue weighted by molar-refractivity contribution is -0.321. The molecule has 24 heavy (non-hydrogen) atoms. The van der Waals surface area contributed by atoms with Crippen molar-refractivity contribution in [2.45, 2.75) is 89.9 Å². The number of ether oxygens (including phenoxy) is 3. The second-order valence-corrected chi connectivity index (χ2v) is 13.5. The van der Waals surface area contributed by atoms with Crippen LogP contribution >= 0.6 is 0 Å². The van der Waals surface area contributed by atoms with E-state index in [1.807, 2.05) is 0 Å². The predicted molar refractivity (Wildman–Crippen MR) is 91.8 cm³/mol. The smallest absolute Gasteiger partial charge is 0.306 e. The van der Waals surface area contributed by atoms with Gasteiger partial charge in [0.05, 0.1) is 18.9 Å². The van der Waals surface area contributed by atoms with Crippen molar-refractivity contribution in [3.05, 3.63) is 0 Å². The Morgan fingerprint density at radius 1 is 1.25 bits per heavy atom. The highest BCUT2D eigenvalue weighted by atomic mass is 28.4. The number of carbonyl (C=O) groups is 1. The van der Waals surface area contributed by atoms with Gasteiger partial charge in [0.25, 0.3) is 0 Å². The second kappa shape index (κ2) is 6.05. The Labute approximate surface area is 145 Å². The lowest BCUT2D eigenvalue weighted by Gasteiger charge is -2.56. The Morgan fingerprint density at radius 3 is 2.33 bits per heavy atom. The Kier molecular flexibility index (Phi) is 5.01. The van der Waals surface area contributed by atoms with Crippen molar-refractivity contribution in [1.82, 2.24) is 0 Å². The fraction of sp³-hybridized carbons (Fsp3) is 0.941. The minimum atomic E-state index is -2.27. The van der Waals surface area contributed by atoms with Crippen molar-refractivity contribution in [2.24, 2.45) is 5.92 Å². The van der Waals surface area contributed by atoms with Crippen molar-refractivity contribution in [3.8, 4) is 0 Å². The summed E-state index contributed by atoms with van der Waals surface area (Å²) in [6.07, 6.45) is -0.889. The summed E-state index contributed by atoms with van der Waals surface area (Å²) in [5, 5.41) is 11.2. The van der Waals surface area contributed by atoms with Crippen LogP contribution in [0.1, 0.15) is 48.0 Å². The van der Waals surface area contributed by atoms with Crippen LogP contribution in [0, 0.1) is 5.92 Å². The Bertz CT molecular complexity index is 498. The number of esters is 1. The van der Waals surface area contributed by atoms with E-state index in [0.717, 1.165) is 0 Å².